The van der Waals surface area contributed by atoms with Gasteiger partial charge in [-0.2, -0.15) is 5.10 Å². The fourth-order valence-corrected chi connectivity index (χ4v) is 3.05. The maximum absolute atomic E-state index is 12.2. The minimum absolute atomic E-state index is 0.0942. The van der Waals surface area contributed by atoms with Gasteiger partial charge in [-0.25, -0.2) is 4.98 Å². The second-order valence-corrected chi connectivity index (χ2v) is 6.45. The third-order valence-electron chi connectivity index (χ3n) is 4.16. The Labute approximate surface area is 148 Å². The lowest BCUT2D eigenvalue weighted by atomic mass is 10.2. The van der Waals surface area contributed by atoms with Gasteiger partial charge in [-0.15, -0.1) is 0 Å². The number of nitrogens with zero attached hydrogens (tertiary/aromatic N) is 4. The highest BCUT2D eigenvalue weighted by atomic mass is 16.5. The van der Waals surface area contributed by atoms with E-state index in [4.69, 9.17) is 4.74 Å². The minimum Gasteiger partial charge on any atom is -0.372 e. The fourth-order valence-electron chi connectivity index (χ4n) is 3.05. The number of hydrogen-bond acceptors (Lipinski definition) is 5. The van der Waals surface area contributed by atoms with Crippen LogP contribution in [-0.2, 0) is 11.3 Å². The molecule has 1 aliphatic rings. The minimum atomic E-state index is -0.0942. The molecule has 0 saturated carbocycles. The SMILES string of the molecule is C[C@@H]1CN(c2ccc(C(=O)NCCCn3cccn3)cn2)C[C@H](C)O1. The number of rotatable bonds is 6. The highest BCUT2D eigenvalue weighted by Gasteiger charge is 2.23. The predicted octanol–water partition coefficient (Wildman–Crippen LogP) is 1.71. The molecule has 2 aromatic rings. The zero-order valence-corrected chi connectivity index (χ0v) is 14.8. The van der Waals surface area contributed by atoms with E-state index < -0.39 is 0 Å². The summed E-state index contributed by atoms with van der Waals surface area (Å²) in [6.45, 7) is 7.16. The Balaban J connectivity index is 1.48. The quantitative estimate of drug-likeness (QED) is 0.809. The zero-order valence-electron chi connectivity index (χ0n) is 14.8. The summed E-state index contributed by atoms with van der Waals surface area (Å²) in [6.07, 6.45) is 6.51. The van der Waals surface area contributed by atoms with Gasteiger partial charge in [0.25, 0.3) is 5.91 Å². The molecule has 0 aliphatic carbocycles. The van der Waals surface area contributed by atoms with E-state index >= 15 is 0 Å². The topological polar surface area (TPSA) is 72.3 Å². The lowest BCUT2D eigenvalue weighted by Crippen LogP contribution is -2.45. The summed E-state index contributed by atoms with van der Waals surface area (Å²) >= 11 is 0. The number of anilines is 1. The number of carbonyl (C=O) groups is 1. The molecule has 0 radical (unpaired) electrons. The van der Waals surface area contributed by atoms with Crippen LogP contribution in [0.15, 0.2) is 36.8 Å². The van der Waals surface area contributed by atoms with Gasteiger partial charge in [0.15, 0.2) is 0 Å². The van der Waals surface area contributed by atoms with Crippen molar-refractivity contribution in [2.24, 2.45) is 0 Å². The maximum atomic E-state index is 12.2. The number of aromatic nitrogens is 3. The van der Waals surface area contributed by atoms with E-state index in [0.29, 0.717) is 12.1 Å². The van der Waals surface area contributed by atoms with Gasteiger partial charge in [0, 0.05) is 44.8 Å². The third kappa shape index (κ3) is 4.79. The number of amides is 1. The molecule has 1 N–H and O–H groups in total. The van der Waals surface area contributed by atoms with E-state index in [9.17, 15) is 4.79 Å². The summed E-state index contributed by atoms with van der Waals surface area (Å²) in [5.41, 5.74) is 0.581. The van der Waals surface area contributed by atoms with Gasteiger partial charge < -0.3 is 15.0 Å². The van der Waals surface area contributed by atoms with Gasteiger partial charge in [-0.1, -0.05) is 0 Å². The standard InChI is InChI=1S/C18H25N5O2/c1-14-12-22(13-15(2)25-14)17-6-5-16(11-20-17)18(24)19-7-3-9-23-10-4-8-21-23/h4-6,8,10-11,14-15H,3,7,9,12-13H2,1-2H3,(H,19,24)/t14-,15+. The van der Waals surface area contributed by atoms with E-state index in [-0.39, 0.29) is 18.1 Å². The number of pyridine rings is 1. The van der Waals surface area contributed by atoms with Crippen LogP contribution in [0.4, 0.5) is 5.82 Å². The fraction of sp³-hybridized carbons (Fsp3) is 0.500. The largest absolute Gasteiger partial charge is 0.372 e. The van der Waals surface area contributed by atoms with Crippen molar-refractivity contribution in [3.05, 3.63) is 42.4 Å². The molecule has 0 spiro atoms. The van der Waals surface area contributed by atoms with Crippen LogP contribution in [0, 0.1) is 0 Å². The summed E-state index contributed by atoms with van der Waals surface area (Å²) in [6, 6.07) is 5.63. The lowest BCUT2D eigenvalue weighted by Gasteiger charge is -2.36. The van der Waals surface area contributed by atoms with Crippen LogP contribution >= 0.6 is 0 Å². The summed E-state index contributed by atoms with van der Waals surface area (Å²) in [7, 11) is 0. The molecule has 3 heterocycles. The molecular weight excluding hydrogens is 318 g/mol. The van der Waals surface area contributed by atoms with Gasteiger partial charge in [0.05, 0.1) is 17.8 Å². The number of carbonyl (C=O) groups excluding carboxylic acids is 1. The van der Waals surface area contributed by atoms with Crippen LogP contribution in [0.25, 0.3) is 0 Å². The summed E-state index contributed by atoms with van der Waals surface area (Å²) in [5.74, 6) is 0.792. The number of nitrogens with one attached hydrogen (secondary N) is 1. The molecule has 1 fully saturated rings. The number of aryl methyl sites for hydroxylation is 1. The summed E-state index contributed by atoms with van der Waals surface area (Å²) in [5, 5.41) is 7.06. The molecule has 0 unspecified atom stereocenters. The summed E-state index contributed by atoms with van der Waals surface area (Å²) < 4.78 is 7.60. The normalized spacial score (nSPS) is 20.5. The van der Waals surface area contributed by atoms with Crippen molar-refractivity contribution in [1.29, 1.82) is 0 Å². The third-order valence-corrected chi connectivity index (χ3v) is 4.16. The molecule has 1 saturated heterocycles. The van der Waals surface area contributed by atoms with E-state index in [0.717, 1.165) is 31.9 Å². The van der Waals surface area contributed by atoms with Crippen molar-refractivity contribution in [3.8, 4) is 0 Å². The van der Waals surface area contributed by atoms with Crippen LogP contribution in [0.5, 0.6) is 0 Å². The van der Waals surface area contributed by atoms with E-state index in [1.165, 1.54) is 0 Å². The van der Waals surface area contributed by atoms with Crippen LogP contribution in [0.3, 0.4) is 0 Å². The first-order chi connectivity index (χ1) is 12.1. The molecule has 0 bridgehead atoms. The Morgan fingerprint density at radius 2 is 2.12 bits per heavy atom. The monoisotopic (exact) mass is 343 g/mol. The van der Waals surface area contributed by atoms with E-state index in [1.807, 2.05) is 29.1 Å². The molecule has 1 amide bonds. The molecule has 2 atom stereocenters. The Morgan fingerprint density at radius 3 is 2.76 bits per heavy atom. The molecule has 1 aliphatic heterocycles. The highest BCUT2D eigenvalue weighted by molar-refractivity contribution is 5.94. The van der Waals surface area contributed by atoms with Crippen LogP contribution in [-0.4, -0.2) is 52.5 Å². The zero-order chi connectivity index (χ0) is 17.6. The van der Waals surface area contributed by atoms with Crippen LogP contribution in [0.2, 0.25) is 0 Å². The molecule has 3 rings (SSSR count). The Kier molecular flexibility index (Phi) is 5.65. The van der Waals surface area contributed by atoms with Crippen molar-refractivity contribution in [2.75, 3.05) is 24.5 Å². The number of ether oxygens (including phenoxy) is 1. The Morgan fingerprint density at radius 1 is 1.32 bits per heavy atom. The lowest BCUT2D eigenvalue weighted by molar-refractivity contribution is -0.00546. The average Bonchev–Trinajstić information content (AvgIpc) is 3.11. The van der Waals surface area contributed by atoms with Crippen molar-refractivity contribution >= 4 is 11.7 Å². The molecule has 134 valence electrons. The van der Waals surface area contributed by atoms with Crippen molar-refractivity contribution in [3.63, 3.8) is 0 Å². The first-order valence-corrected chi connectivity index (χ1v) is 8.74. The van der Waals surface area contributed by atoms with Crippen LogP contribution in [0.1, 0.15) is 30.6 Å². The molecule has 7 heteroatoms. The van der Waals surface area contributed by atoms with Gasteiger partial charge in [-0.05, 0) is 38.5 Å². The molecular formula is C18H25N5O2. The average molecular weight is 343 g/mol. The van der Waals surface area contributed by atoms with Gasteiger partial charge in [0.1, 0.15) is 5.82 Å². The van der Waals surface area contributed by atoms with Gasteiger partial charge in [0.2, 0.25) is 0 Å². The smallest absolute Gasteiger partial charge is 0.252 e. The second-order valence-electron chi connectivity index (χ2n) is 6.45. The molecule has 2 aromatic heterocycles. The van der Waals surface area contributed by atoms with Crippen LogP contribution < -0.4 is 10.2 Å². The Bertz CT molecular complexity index is 661. The molecule has 0 aromatic carbocycles. The first kappa shape index (κ1) is 17.4. The maximum Gasteiger partial charge on any atom is 0.252 e. The first-order valence-electron chi connectivity index (χ1n) is 8.74. The van der Waals surface area contributed by atoms with Crippen molar-refractivity contribution < 1.29 is 9.53 Å². The molecule has 25 heavy (non-hydrogen) atoms. The highest BCUT2D eigenvalue weighted by Crippen LogP contribution is 2.18. The second kappa shape index (κ2) is 8.11. The van der Waals surface area contributed by atoms with Crippen molar-refractivity contribution in [1.82, 2.24) is 20.1 Å². The predicted molar refractivity (Wildman–Crippen MR) is 95.6 cm³/mol. The Hall–Kier alpha value is -2.41. The van der Waals surface area contributed by atoms with E-state index in [1.54, 1.807) is 12.4 Å². The van der Waals surface area contributed by atoms with Crippen molar-refractivity contribution in [2.45, 2.75) is 39.0 Å². The number of hydrogen-bond donors (Lipinski definition) is 1. The van der Waals surface area contributed by atoms with E-state index in [2.05, 4.69) is 34.1 Å². The number of morpholine rings is 1. The summed E-state index contributed by atoms with van der Waals surface area (Å²) in [4.78, 5) is 18.8. The van der Waals surface area contributed by atoms with Gasteiger partial charge in [-0.3, -0.25) is 9.48 Å². The van der Waals surface area contributed by atoms with Gasteiger partial charge >= 0.3 is 0 Å². The molecule has 7 nitrogen and oxygen atoms in total.